The van der Waals surface area contributed by atoms with Crippen molar-refractivity contribution in [1.82, 2.24) is 15.0 Å². The highest BCUT2D eigenvalue weighted by atomic mass is 32.1. The van der Waals surface area contributed by atoms with Crippen LogP contribution in [0.15, 0.2) is 29.9 Å². The van der Waals surface area contributed by atoms with E-state index >= 15 is 0 Å². The zero-order chi connectivity index (χ0) is 11.0. The number of aromatic amines is 1. The molecule has 0 radical (unpaired) electrons. The van der Waals surface area contributed by atoms with E-state index in [0.717, 1.165) is 27.3 Å². The molecule has 3 rings (SSSR count). The Morgan fingerprint density at radius 2 is 2.31 bits per heavy atom. The van der Waals surface area contributed by atoms with Crippen molar-refractivity contribution in [2.45, 2.75) is 5.75 Å². The van der Waals surface area contributed by atoms with Crippen molar-refractivity contribution in [3.8, 4) is 10.6 Å². The van der Waals surface area contributed by atoms with Crippen molar-refractivity contribution >= 4 is 35.0 Å². The third-order valence-electron chi connectivity index (χ3n) is 2.38. The molecule has 0 saturated carbocycles. The Bertz CT molecular complexity index is 627. The van der Waals surface area contributed by atoms with Crippen molar-refractivity contribution in [2.75, 3.05) is 0 Å². The van der Waals surface area contributed by atoms with Gasteiger partial charge < -0.3 is 4.98 Å². The molecule has 0 atom stereocenters. The average molecular weight is 247 g/mol. The molecule has 0 aliphatic rings. The van der Waals surface area contributed by atoms with Gasteiger partial charge in [0.1, 0.15) is 5.01 Å². The monoisotopic (exact) mass is 247 g/mol. The number of thiazole rings is 1. The van der Waals surface area contributed by atoms with Crippen LogP contribution in [0.5, 0.6) is 0 Å². The first-order valence-corrected chi connectivity index (χ1v) is 6.37. The van der Waals surface area contributed by atoms with E-state index in [1.165, 1.54) is 0 Å². The Labute approximate surface area is 102 Å². The highest BCUT2D eigenvalue weighted by Gasteiger charge is 2.05. The van der Waals surface area contributed by atoms with E-state index < -0.39 is 0 Å². The van der Waals surface area contributed by atoms with Gasteiger partial charge in [0.15, 0.2) is 0 Å². The molecule has 1 N–H and O–H groups in total. The second-order valence-electron chi connectivity index (χ2n) is 3.44. The molecule has 0 aliphatic heterocycles. The smallest absolute Gasteiger partial charge is 0.123 e. The number of fused-ring (bicyclic) bond motifs is 1. The molecule has 5 heteroatoms. The van der Waals surface area contributed by atoms with E-state index in [1.807, 2.05) is 17.5 Å². The first kappa shape index (κ1) is 9.86. The highest BCUT2D eigenvalue weighted by Crippen LogP contribution is 2.26. The van der Waals surface area contributed by atoms with Gasteiger partial charge in [0.25, 0.3) is 0 Å². The van der Waals surface area contributed by atoms with E-state index in [4.69, 9.17) is 0 Å². The van der Waals surface area contributed by atoms with Gasteiger partial charge in [-0.25, -0.2) is 9.97 Å². The van der Waals surface area contributed by atoms with Gasteiger partial charge >= 0.3 is 0 Å². The van der Waals surface area contributed by atoms with Crippen LogP contribution < -0.4 is 0 Å². The van der Waals surface area contributed by atoms with E-state index in [-0.39, 0.29) is 0 Å². The number of hydrogen-bond acceptors (Lipinski definition) is 4. The second-order valence-corrected chi connectivity index (χ2v) is 4.61. The number of rotatable bonds is 2. The van der Waals surface area contributed by atoms with E-state index in [2.05, 4.69) is 33.6 Å². The van der Waals surface area contributed by atoms with Crippen LogP contribution in [-0.4, -0.2) is 15.0 Å². The zero-order valence-corrected chi connectivity index (χ0v) is 10.1. The summed E-state index contributed by atoms with van der Waals surface area (Å²) < 4.78 is 0. The molecule has 0 aliphatic carbocycles. The van der Waals surface area contributed by atoms with E-state index in [0.29, 0.717) is 5.75 Å². The maximum atomic E-state index is 4.50. The normalized spacial score (nSPS) is 11.1. The Morgan fingerprint density at radius 3 is 3.12 bits per heavy atom. The predicted octanol–water partition coefficient (Wildman–Crippen LogP) is 3.12. The van der Waals surface area contributed by atoms with Crippen molar-refractivity contribution in [3.63, 3.8) is 0 Å². The van der Waals surface area contributed by atoms with Gasteiger partial charge in [-0.2, -0.15) is 12.6 Å². The summed E-state index contributed by atoms with van der Waals surface area (Å²) in [4.78, 5) is 11.8. The zero-order valence-electron chi connectivity index (χ0n) is 8.34. The maximum absolute atomic E-state index is 4.50. The standard InChI is InChI=1S/C11H9N3S2/c15-4-8-5-16-11(14-8)7-1-2-9-10(3-7)13-6-12-9/h1-3,5-6,15H,4H2,(H,12,13). The third-order valence-corrected chi connectivity index (χ3v) is 3.65. The first-order valence-electron chi connectivity index (χ1n) is 4.85. The minimum absolute atomic E-state index is 0.683. The Kier molecular flexibility index (Phi) is 2.41. The number of imidazole rings is 1. The van der Waals surface area contributed by atoms with Crippen LogP contribution in [-0.2, 0) is 5.75 Å². The summed E-state index contributed by atoms with van der Waals surface area (Å²) in [5.41, 5.74) is 4.16. The summed E-state index contributed by atoms with van der Waals surface area (Å²) in [6, 6.07) is 6.12. The quantitative estimate of drug-likeness (QED) is 0.683. The molecule has 3 nitrogen and oxygen atoms in total. The largest absolute Gasteiger partial charge is 0.345 e. The second kappa shape index (κ2) is 3.92. The van der Waals surface area contributed by atoms with E-state index in [1.54, 1.807) is 17.7 Å². The molecule has 16 heavy (non-hydrogen) atoms. The van der Waals surface area contributed by atoms with Crippen LogP contribution in [0, 0.1) is 0 Å². The minimum Gasteiger partial charge on any atom is -0.345 e. The van der Waals surface area contributed by atoms with Crippen LogP contribution in [0.1, 0.15) is 5.69 Å². The van der Waals surface area contributed by atoms with Gasteiger partial charge in [-0.15, -0.1) is 11.3 Å². The number of benzene rings is 1. The fraction of sp³-hybridized carbons (Fsp3) is 0.0909. The predicted molar refractivity (Wildman–Crippen MR) is 69.9 cm³/mol. The van der Waals surface area contributed by atoms with Gasteiger partial charge in [0.05, 0.1) is 23.1 Å². The fourth-order valence-electron chi connectivity index (χ4n) is 1.58. The van der Waals surface area contributed by atoms with E-state index in [9.17, 15) is 0 Å². The summed E-state index contributed by atoms with van der Waals surface area (Å²) in [6.45, 7) is 0. The number of thiol groups is 1. The maximum Gasteiger partial charge on any atom is 0.123 e. The van der Waals surface area contributed by atoms with Crippen LogP contribution in [0.3, 0.4) is 0 Å². The fourth-order valence-corrected chi connectivity index (χ4v) is 2.68. The van der Waals surface area contributed by atoms with Crippen molar-refractivity contribution in [1.29, 1.82) is 0 Å². The lowest BCUT2D eigenvalue weighted by Crippen LogP contribution is -1.79. The molecular weight excluding hydrogens is 238 g/mol. The lowest BCUT2D eigenvalue weighted by molar-refractivity contribution is 1.24. The number of H-pyrrole nitrogens is 1. The molecule has 0 saturated heterocycles. The molecular formula is C11H9N3S2. The molecule has 0 bridgehead atoms. The van der Waals surface area contributed by atoms with Gasteiger partial charge in [0.2, 0.25) is 0 Å². The number of nitrogens with one attached hydrogen (secondary N) is 1. The van der Waals surface area contributed by atoms with Gasteiger partial charge in [0, 0.05) is 16.7 Å². The number of aromatic nitrogens is 3. The summed E-state index contributed by atoms with van der Waals surface area (Å²) >= 11 is 5.86. The lowest BCUT2D eigenvalue weighted by atomic mass is 10.2. The lowest BCUT2D eigenvalue weighted by Gasteiger charge is -1.95. The van der Waals surface area contributed by atoms with Crippen LogP contribution in [0.2, 0.25) is 0 Å². The Hall–Kier alpha value is -1.33. The summed E-state index contributed by atoms with van der Waals surface area (Å²) in [5, 5.41) is 3.07. The Morgan fingerprint density at radius 1 is 1.38 bits per heavy atom. The molecule has 80 valence electrons. The number of nitrogens with zero attached hydrogens (tertiary/aromatic N) is 2. The van der Waals surface area contributed by atoms with Gasteiger partial charge in [-0.3, -0.25) is 0 Å². The molecule has 0 fully saturated rings. The SMILES string of the molecule is SCc1csc(-c2ccc3nc[nH]c3c2)n1. The molecule has 0 amide bonds. The average Bonchev–Trinajstić information content (AvgIpc) is 2.96. The highest BCUT2D eigenvalue weighted by molar-refractivity contribution is 7.79. The topological polar surface area (TPSA) is 41.6 Å². The number of hydrogen-bond donors (Lipinski definition) is 2. The van der Waals surface area contributed by atoms with Crippen molar-refractivity contribution in [2.24, 2.45) is 0 Å². The molecule has 0 spiro atoms. The summed E-state index contributed by atoms with van der Waals surface area (Å²) in [5.74, 6) is 0.683. The molecule has 2 aromatic heterocycles. The van der Waals surface area contributed by atoms with Gasteiger partial charge in [-0.05, 0) is 18.2 Å². The van der Waals surface area contributed by atoms with Crippen molar-refractivity contribution in [3.05, 3.63) is 35.6 Å². The molecule has 0 unspecified atom stereocenters. The van der Waals surface area contributed by atoms with Crippen LogP contribution in [0.25, 0.3) is 21.6 Å². The minimum atomic E-state index is 0.683. The Balaban J connectivity index is 2.10. The summed E-state index contributed by atoms with van der Waals surface area (Å²) in [6.07, 6.45) is 1.70. The molecule has 1 aromatic carbocycles. The molecule has 3 aromatic rings. The molecule has 2 heterocycles. The first-order chi connectivity index (χ1) is 7.86. The summed E-state index contributed by atoms with van der Waals surface area (Å²) in [7, 11) is 0. The van der Waals surface area contributed by atoms with Crippen LogP contribution >= 0.6 is 24.0 Å². The van der Waals surface area contributed by atoms with Crippen molar-refractivity contribution < 1.29 is 0 Å². The van der Waals surface area contributed by atoms with Crippen LogP contribution in [0.4, 0.5) is 0 Å². The third kappa shape index (κ3) is 1.62. The van der Waals surface area contributed by atoms with Gasteiger partial charge in [-0.1, -0.05) is 0 Å².